The van der Waals surface area contributed by atoms with E-state index in [1.54, 1.807) is 13.8 Å². The Hall–Kier alpha value is 0.0900. The normalized spacial score (nSPS) is 13.1. The van der Waals surface area contributed by atoms with Crippen molar-refractivity contribution >= 4 is 37.1 Å². The molecule has 0 atom stereocenters. The van der Waals surface area contributed by atoms with Gasteiger partial charge in [0.15, 0.2) is 9.84 Å². The summed E-state index contributed by atoms with van der Waals surface area (Å²) >= 11 is 4.75. The number of rotatable bonds is 4. The third-order valence-corrected chi connectivity index (χ3v) is 5.66. The van der Waals surface area contributed by atoms with Gasteiger partial charge in [-0.1, -0.05) is 0 Å². The molecule has 0 aliphatic carbocycles. The lowest BCUT2D eigenvalue weighted by atomic mass is 10.1. The van der Waals surface area contributed by atoms with Crippen molar-refractivity contribution in [3.05, 3.63) is 20.8 Å². The number of hydrogen-bond donors (Lipinski definition) is 1. The Morgan fingerprint density at radius 2 is 2.13 bits per heavy atom. The summed E-state index contributed by atoms with van der Waals surface area (Å²) < 4.78 is 24.4. The molecule has 1 aromatic rings. The lowest BCUT2D eigenvalue weighted by Crippen LogP contribution is -2.40. The number of sulfone groups is 1. The van der Waals surface area contributed by atoms with Crippen LogP contribution >= 0.6 is 27.3 Å². The number of nitrogens with two attached hydrogens (primary N) is 1. The predicted octanol–water partition coefficient (Wildman–Crippen LogP) is 2.16. The van der Waals surface area contributed by atoms with Crippen molar-refractivity contribution < 1.29 is 8.42 Å². The first kappa shape index (κ1) is 13.2. The van der Waals surface area contributed by atoms with Crippen molar-refractivity contribution in [1.82, 2.24) is 0 Å². The molecule has 86 valence electrons. The number of halogens is 1. The molecule has 1 rings (SSSR count). The van der Waals surface area contributed by atoms with Crippen LogP contribution in [0.5, 0.6) is 0 Å². The van der Waals surface area contributed by atoms with Crippen LogP contribution in [0.3, 0.4) is 0 Å². The summed E-state index contributed by atoms with van der Waals surface area (Å²) in [5.41, 5.74) is 5.02. The fourth-order valence-corrected chi connectivity index (χ4v) is 5.31. The molecule has 0 saturated carbocycles. The van der Waals surface area contributed by atoms with E-state index >= 15 is 0 Å². The summed E-state index contributed by atoms with van der Waals surface area (Å²) in [6.45, 7) is 3.43. The lowest BCUT2D eigenvalue weighted by Gasteiger charge is -2.17. The van der Waals surface area contributed by atoms with E-state index in [1.807, 2.05) is 11.4 Å². The van der Waals surface area contributed by atoms with Gasteiger partial charge in [0, 0.05) is 14.9 Å². The summed E-state index contributed by atoms with van der Waals surface area (Å²) in [6, 6.07) is 1.85. The Bertz CT molecular complexity index is 431. The van der Waals surface area contributed by atoms with E-state index < -0.39 is 15.4 Å². The van der Waals surface area contributed by atoms with Crippen LogP contribution in [0.15, 0.2) is 15.9 Å². The molecule has 0 unspecified atom stereocenters. The first-order valence-corrected chi connectivity index (χ1v) is 7.90. The zero-order chi connectivity index (χ0) is 11.7. The van der Waals surface area contributed by atoms with E-state index in [0.717, 1.165) is 9.35 Å². The van der Waals surface area contributed by atoms with Crippen molar-refractivity contribution in [2.75, 3.05) is 5.75 Å². The molecular weight excluding hydrogens is 298 g/mol. The molecule has 0 bridgehead atoms. The van der Waals surface area contributed by atoms with Gasteiger partial charge >= 0.3 is 0 Å². The number of thiophene rings is 1. The molecule has 0 radical (unpaired) electrons. The van der Waals surface area contributed by atoms with Gasteiger partial charge in [-0.15, -0.1) is 11.3 Å². The van der Waals surface area contributed by atoms with Crippen LogP contribution in [0.2, 0.25) is 0 Å². The highest BCUT2D eigenvalue weighted by molar-refractivity contribution is 9.10. The third-order valence-electron chi connectivity index (χ3n) is 1.63. The second kappa shape index (κ2) is 4.53. The van der Waals surface area contributed by atoms with Gasteiger partial charge in [-0.25, -0.2) is 8.42 Å². The molecule has 0 saturated heterocycles. The van der Waals surface area contributed by atoms with E-state index in [-0.39, 0.29) is 11.5 Å². The first-order chi connectivity index (χ1) is 6.70. The summed E-state index contributed by atoms with van der Waals surface area (Å²) in [7, 11) is -3.13. The molecule has 0 aromatic carbocycles. The maximum Gasteiger partial charge on any atom is 0.157 e. The van der Waals surface area contributed by atoms with Crippen molar-refractivity contribution in [1.29, 1.82) is 0 Å². The van der Waals surface area contributed by atoms with Gasteiger partial charge < -0.3 is 5.73 Å². The standard InChI is InChI=1S/C9H14BrNO2S2/c1-9(2,11)6-15(12,13)5-8-7(10)3-4-14-8/h3-4H,5-6,11H2,1-2H3. The van der Waals surface area contributed by atoms with Crippen molar-refractivity contribution in [3.8, 4) is 0 Å². The highest BCUT2D eigenvalue weighted by Crippen LogP contribution is 2.25. The first-order valence-electron chi connectivity index (χ1n) is 4.41. The Kier molecular flexibility index (Phi) is 3.97. The molecule has 1 heterocycles. The highest BCUT2D eigenvalue weighted by Gasteiger charge is 2.23. The fraction of sp³-hybridized carbons (Fsp3) is 0.556. The summed E-state index contributed by atoms with van der Waals surface area (Å²) in [4.78, 5) is 0.833. The summed E-state index contributed by atoms with van der Waals surface area (Å²) in [6.07, 6.45) is 0. The number of hydrogen-bond acceptors (Lipinski definition) is 4. The van der Waals surface area contributed by atoms with Crippen LogP contribution in [0, 0.1) is 0 Å². The third kappa shape index (κ3) is 4.63. The van der Waals surface area contributed by atoms with Gasteiger partial charge in [0.1, 0.15) is 0 Å². The maximum atomic E-state index is 11.8. The topological polar surface area (TPSA) is 60.2 Å². The Morgan fingerprint density at radius 1 is 1.53 bits per heavy atom. The van der Waals surface area contributed by atoms with E-state index in [4.69, 9.17) is 5.73 Å². The molecular formula is C9H14BrNO2S2. The molecule has 1 aromatic heterocycles. The molecule has 15 heavy (non-hydrogen) atoms. The van der Waals surface area contributed by atoms with E-state index in [0.29, 0.717) is 0 Å². The monoisotopic (exact) mass is 311 g/mol. The lowest BCUT2D eigenvalue weighted by molar-refractivity contribution is 0.544. The van der Waals surface area contributed by atoms with Gasteiger partial charge in [-0.05, 0) is 41.2 Å². The molecule has 0 aliphatic heterocycles. The van der Waals surface area contributed by atoms with Crippen LogP contribution in [0.4, 0.5) is 0 Å². The fourth-order valence-electron chi connectivity index (χ4n) is 1.25. The summed E-state index contributed by atoms with van der Waals surface area (Å²) in [5.74, 6) is 0.0657. The van der Waals surface area contributed by atoms with Gasteiger partial charge in [-0.2, -0.15) is 0 Å². The molecule has 0 fully saturated rings. The van der Waals surface area contributed by atoms with Gasteiger partial charge in [0.2, 0.25) is 0 Å². The van der Waals surface area contributed by atoms with Crippen LogP contribution in [0.1, 0.15) is 18.7 Å². The Balaban J connectivity index is 2.78. The zero-order valence-electron chi connectivity index (χ0n) is 8.66. The zero-order valence-corrected chi connectivity index (χ0v) is 11.9. The van der Waals surface area contributed by atoms with E-state index in [1.165, 1.54) is 11.3 Å². The maximum absolute atomic E-state index is 11.8. The quantitative estimate of drug-likeness (QED) is 0.927. The highest BCUT2D eigenvalue weighted by atomic mass is 79.9. The Morgan fingerprint density at radius 3 is 2.53 bits per heavy atom. The van der Waals surface area contributed by atoms with Gasteiger partial charge in [0.25, 0.3) is 0 Å². The Labute approximate surface area is 103 Å². The SMILES string of the molecule is CC(C)(N)CS(=O)(=O)Cc1sccc1Br. The minimum absolute atomic E-state index is 0.00431. The molecule has 3 nitrogen and oxygen atoms in total. The molecule has 0 spiro atoms. The largest absolute Gasteiger partial charge is 0.325 e. The molecule has 0 amide bonds. The predicted molar refractivity (Wildman–Crippen MR) is 67.8 cm³/mol. The van der Waals surface area contributed by atoms with Crippen molar-refractivity contribution in [2.45, 2.75) is 25.1 Å². The molecule has 6 heteroatoms. The van der Waals surface area contributed by atoms with Crippen LogP contribution in [0.25, 0.3) is 0 Å². The minimum Gasteiger partial charge on any atom is -0.325 e. The van der Waals surface area contributed by atoms with Crippen LogP contribution in [-0.4, -0.2) is 19.7 Å². The smallest absolute Gasteiger partial charge is 0.157 e. The molecule has 2 N–H and O–H groups in total. The molecule has 0 aliphatic rings. The van der Waals surface area contributed by atoms with Gasteiger partial charge in [-0.3, -0.25) is 0 Å². The minimum atomic E-state index is -3.13. The average Bonchev–Trinajstić information content (AvgIpc) is 2.29. The average molecular weight is 312 g/mol. The van der Waals surface area contributed by atoms with E-state index in [2.05, 4.69) is 15.9 Å². The van der Waals surface area contributed by atoms with Crippen molar-refractivity contribution in [2.24, 2.45) is 5.73 Å². The van der Waals surface area contributed by atoms with Crippen LogP contribution < -0.4 is 5.73 Å². The summed E-state index contributed by atoms with van der Waals surface area (Å²) in [5, 5.41) is 1.86. The van der Waals surface area contributed by atoms with E-state index in [9.17, 15) is 8.42 Å². The van der Waals surface area contributed by atoms with Crippen LogP contribution in [-0.2, 0) is 15.6 Å². The van der Waals surface area contributed by atoms with Gasteiger partial charge in [0.05, 0.1) is 11.5 Å². The second-order valence-corrected chi connectivity index (χ2v) is 8.13. The second-order valence-electron chi connectivity index (χ2n) is 4.21. The van der Waals surface area contributed by atoms with Crippen molar-refractivity contribution in [3.63, 3.8) is 0 Å².